The summed E-state index contributed by atoms with van der Waals surface area (Å²) in [5, 5.41) is 9.98. The third-order valence-corrected chi connectivity index (χ3v) is 2.42. The molecule has 0 saturated carbocycles. The zero-order valence-electron chi connectivity index (χ0n) is 7.35. The summed E-state index contributed by atoms with van der Waals surface area (Å²) in [4.78, 5) is 0. The van der Waals surface area contributed by atoms with Gasteiger partial charge in [0.15, 0.2) is 0 Å². The van der Waals surface area contributed by atoms with E-state index in [9.17, 15) is 5.11 Å². The lowest BCUT2D eigenvalue weighted by atomic mass is 9.81. The van der Waals surface area contributed by atoms with Crippen molar-refractivity contribution in [2.75, 3.05) is 0 Å². The first-order valence-electron chi connectivity index (χ1n) is 4.08. The van der Waals surface area contributed by atoms with Crippen molar-refractivity contribution >= 4 is 0 Å². The van der Waals surface area contributed by atoms with Crippen LogP contribution in [-0.2, 0) is 0 Å². The third kappa shape index (κ3) is 1.72. The van der Waals surface area contributed by atoms with Crippen LogP contribution in [0.1, 0.15) is 33.1 Å². The zero-order valence-corrected chi connectivity index (χ0v) is 7.35. The first-order chi connectivity index (χ1) is 5.04. The smallest absolute Gasteiger partial charge is 0.0891 e. The van der Waals surface area contributed by atoms with Crippen LogP contribution in [0.15, 0.2) is 23.8 Å². The molecule has 62 valence electrons. The van der Waals surface area contributed by atoms with E-state index < -0.39 is 5.60 Å². The highest BCUT2D eigenvalue weighted by atomic mass is 16.3. The van der Waals surface area contributed by atoms with E-state index in [2.05, 4.69) is 19.6 Å². The maximum Gasteiger partial charge on any atom is 0.0891 e. The maximum absolute atomic E-state index is 9.98. The molecule has 1 N–H and O–H groups in total. The Morgan fingerprint density at radius 1 is 1.73 bits per heavy atom. The Morgan fingerprint density at radius 3 is 2.73 bits per heavy atom. The average molecular weight is 152 g/mol. The fraction of sp³-hybridized carbons (Fsp3) is 0.600. The number of hydrogen-bond acceptors (Lipinski definition) is 1. The number of rotatable bonds is 1. The molecule has 0 heterocycles. The summed E-state index contributed by atoms with van der Waals surface area (Å²) in [7, 11) is 0. The minimum atomic E-state index is -0.612. The molecule has 0 fully saturated rings. The molecule has 1 aliphatic carbocycles. The Balaban J connectivity index is 2.76. The van der Waals surface area contributed by atoms with Gasteiger partial charge in [0.1, 0.15) is 0 Å². The highest BCUT2D eigenvalue weighted by Gasteiger charge is 2.29. The van der Waals surface area contributed by atoms with Gasteiger partial charge in [-0.3, -0.25) is 0 Å². The van der Waals surface area contributed by atoms with Crippen molar-refractivity contribution in [2.45, 2.75) is 38.7 Å². The molecule has 1 aliphatic rings. The molecular weight excluding hydrogens is 136 g/mol. The van der Waals surface area contributed by atoms with Crippen molar-refractivity contribution < 1.29 is 5.11 Å². The van der Waals surface area contributed by atoms with E-state index in [1.54, 1.807) is 0 Å². The van der Waals surface area contributed by atoms with Gasteiger partial charge >= 0.3 is 0 Å². The van der Waals surface area contributed by atoms with Gasteiger partial charge in [-0.25, -0.2) is 0 Å². The van der Waals surface area contributed by atoms with Crippen LogP contribution < -0.4 is 0 Å². The predicted octanol–water partition coefficient (Wildman–Crippen LogP) is 2.42. The number of aliphatic hydroxyl groups is 1. The van der Waals surface area contributed by atoms with Crippen LogP contribution in [0.25, 0.3) is 0 Å². The Kier molecular flexibility index (Phi) is 2.19. The van der Waals surface area contributed by atoms with E-state index in [1.807, 2.05) is 6.92 Å². The summed E-state index contributed by atoms with van der Waals surface area (Å²) < 4.78 is 0. The second-order valence-corrected chi connectivity index (χ2v) is 3.58. The van der Waals surface area contributed by atoms with Gasteiger partial charge in [0.2, 0.25) is 0 Å². The summed E-state index contributed by atoms with van der Waals surface area (Å²) in [6, 6.07) is 0. The van der Waals surface area contributed by atoms with Crippen LogP contribution >= 0.6 is 0 Å². The SMILES string of the molecule is C=C(C)C1(O)CCC=C(C)C1. The Labute approximate surface area is 68.4 Å². The molecule has 1 atom stereocenters. The minimum absolute atomic E-state index is 0.612. The van der Waals surface area contributed by atoms with E-state index in [-0.39, 0.29) is 0 Å². The summed E-state index contributed by atoms with van der Waals surface area (Å²) in [5.41, 5.74) is 1.56. The average Bonchev–Trinajstić information content (AvgIpc) is 1.86. The second kappa shape index (κ2) is 2.82. The number of allylic oxidation sites excluding steroid dienone is 1. The van der Waals surface area contributed by atoms with Gasteiger partial charge in [0, 0.05) is 6.42 Å². The van der Waals surface area contributed by atoms with E-state index in [4.69, 9.17) is 0 Å². The minimum Gasteiger partial charge on any atom is -0.385 e. The molecular formula is C10H16O. The van der Waals surface area contributed by atoms with Crippen LogP contribution in [0.2, 0.25) is 0 Å². The molecule has 11 heavy (non-hydrogen) atoms. The van der Waals surface area contributed by atoms with Gasteiger partial charge in [-0.2, -0.15) is 0 Å². The molecule has 0 aromatic carbocycles. The van der Waals surface area contributed by atoms with Crippen LogP contribution in [0.4, 0.5) is 0 Å². The van der Waals surface area contributed by atoms with Crippen LogP contribution in [0.5, 0.6) is 0 Å². The molecule has 0 aliphatic heterocycles. The van der Waals surface area contributed by atoms with Crippen molar-refractivity contribution in [3.05, 3.63) is 23.8 Å². The monoisotopic (exact) mass is 152 g/mol. The van der Waals surface area contributed by atoms with E-state index >= 15 is 0 Å². The van der Waals surface area contributed by atoms with Gasteiger partial charge in [-0.05, 0) is 32.3 Å². The van der Waals surface area contributed by atoms with Crippen molar-refractivity contribution in [2.24, 2.45) is 0 Å². The van der Waals surface area contributed by atoms with E-state index in [0.29, 0.717) is 0 Å². The molecule has 1 unspecified atom stereocenters. The largest absolute Gasteiger partial charge is 0.385 e. The predicted molar refractivity (Wildman–Crippen MR) is 47.4 cm³/mol. The lowest BCUT2D eigenvalue weighted by molar-refractivity contribution is 0.0661. The first kappa shape index (κ1) is 8.54. The molecule has 0 aromatic rings. The topological polar surface area (TPSA) is 20.2 Å². The summed E-state index contributed by atoms with van der Waals surface area (Å²) >= 11 is 0. The standard InChI is InChI=1S/C10H16O/c1-8(2)10(11)6-4-5-9(3)7-10/h5,11H,1,4,6-7H2,2-3H3. The van der Waals surface area contributed by atoms with Crippen molar-refractivity contribution in [3.8, 4) is 0 Å². The van der Waals surface area contributed by atoms with Gasteiger partial charge in [0.05, 0.1) is 5.60 Å². The fourth-order valence-electron chi connectivity index (χ4n) is 1.54. The zero-order chi connectivity index (χ0) is 8.48. The van der Waals surface area contributed by atoms with Crippen molar-refractivity contribution in [1.82, 2.24) is 0 Å². The molecule has 0 amide bonds. The highest BCUT2D eigenvalue weighted by molar-refractivity contribution is 5.19. The van der Waals surface area contributed by atoms with Crippen molar-refractivity contribution in [1.29, 1.82) is 0 Å². The Hall–Kier alpha value is -0.560. The number of hydrogen-bond donors (Lipinski definition) is 1. The molecule has 0 aromatic heterocycles. The lowest BCUT2D eigenvalue weighted by Gasteiger charge is -2.31. The lowest BCUT2D eigenvalue weighted by Crippen LogP contribution is -2.31. The van der Waals surface area contributed by atoms with Crippen molar-refractivity contribution in [3.63, 3.8) is 0 Å². The molecule has 0 saturated heterocycles. The molecule has 0 bridgehead atoms. The molecule has 0 spiro atoms. The fourth-order valence-corrected chi connectivity index (χ4v) is 1.54. The van der Waals surface area contributed by atoms with Gasteiger partial charge in [-0.1, -0.05) is 18.2 Å². The molecule has 1 rings (SSSR count). The van der Waals surface area contributed by atoms with Crippen LogP contribution in [-0.4, -0.2) is 10.7 Å². The summed E-state index contributed by atoms with van der Waals surface area (Å²) in [6.45, 7) is 7.77. The summed E-state index contributed by atoms with van der Waals surface area (Å²) in [5.74, 6) is 0. The van der Waals surface area contributed by atoms with Gasteiger partial charge < -0.3 is 5.11 Å². The van der Waals surface area contributed by atoms with Crippen LogP contribution in [0, 0.1) is 0 Å². The third-order valence-electron chi connectivity index (χ3n) is 2.42. The summed E-state index contributed by atoms with van der Waals surface area (Å²) in [6.07, 6.45) is 4.77. The molecule has 1 heteroatoms. The highest BCUT2D eigenvalue weighted by Crippen LogP contribution is 2.32. The molecule has 1 nitrogen and oxygen atoms in total. The normalized spacial score (nSPS) is 31.4. The van der Waals surface area contributed by atoms with E-state index in [1.165, 1.54) is 5.57 Å². The second-order valence-electron chi connectivity index (χ2n) is 3.58. The van der Waals surface area contributed by atoms with Crippen LogP contribution in [0.3, 0.4) is 0 Å². The maximum atomic E-state index is 9.98. The van der Waals surface area contributed by atoms with Gasteiger partial charge in [-0.15, -0.1) is 0 Å². The van der Waals surface area contributed by atoms with E-state index in [0.717, 1.165) is 24.8 Å². The quantitative estimate of drug-likeness (QED) is 0.572. The Bertz CT molecular complexity index is 203. The van der Waals surface area contributed by atoms with Gasteiger partial charge in [0.25, 0.3) is 0 Å². The first-order valence-corrected chi connectivity index (χ1v) is 4.08. The molecule has 0 radical (unpaired) electrons. The Morgan fingerprint density at radius 2 is 2.36 bits per heavy atom.